The van der Waals surface area contributed by atoms with Gasteiger partial charge >= 0.3 is 23.9 Å². The molecule has 1 fully saturated rings. The van der Waals surface area contributed by atoms with Gasteiger partial charge in [-0.1, -0.05) is 18.2 Å². The van der Waals surface area contributed by atoms with E-state index in [9.17, 15) is 24.3 Å². The number of methoxy groups -OCH3 is 1. The van der Waals surface area contributed by atoms with Gasteiger partial charge in [0.1, 0.15) is 18.3 Å². The molecule has 7 rings (SSSR count). The molecule has 274 valence electrons. The van der Waals surface area contributed by atoms with Gasteiger partial charge < -0.3 is 52.5 Å². The molecule has 4 aliphatic rings. The van der Waals surface area contributed by atoms with Crippen molar-refractivity contribution in [3.8, 4) is 34.5 Å². The maximum atomic E-state index is 13.4. The van der Waals surface area contributed by atoms with E-state index in [0.717, 1.165) is 25.3 Å². The molecule has 0 amide bonds. The summed E-state index contributed by atoms with van der Waals surface area (Å²) < 4.78 is 54.0. The normalized spacial score (nSPS) is 22.3. The highest BCUT2D eigenvalue weighted by Crippen LogP contribution is 2.38. The molecule has 3 aromatic carbocycles. The predicted octanol–water partition coefficient (Wildman–Crippen LogP) is 3.75. The number of ether oxygens (including phenoxy) is 10. The van der Waals surface area contributed by atoms with Crippen LogP contribution in [0.3, 0.4) is 0 Å². The summed E-state index contributed by atoms with van der Waals surface area (Å²) in [6, 6.07) is 15.1. The van der Waals surface area contributed by atoms with Crippen LogP contribution >= 0.6 is 0 Å². The van der Waals surface area contributed by atoms with Gasteiger partial charge in [-0.25, -0.2) is 19.2 Å². The van der Waals surface area contributed by atoms with Crippen LogP contribution in [0.1, 0.15) is 29.5 Å². The largest absolute Gasteiger partial charge is 0.466 e. The van der Waals surface area contributed by atoms with E-state index in [-0.39, 0.29) is 20.4 Å². The first-order valence-electron chi connectivity index (χ1n) is 16.3. The van der Waals surface area contributed by atoms with E-state index in [0.29, 0.717) is 51.2 Å². The van der Waals surface area contributed by atoms with E-state index in [2.05, 4.69) is 0 Å². The first-order valence-corrected chi connectivity index (χ1v) is 16.3. The SMILES string of the molecule is COC(=O)C1(OC(=O)/C=C/c2ccc3c(c2)OCO3)C[C@@H](OC(=O)/C=C/c2ccc3c(c2)OCO3)C(O)[C@H](OC(=O)/C=C/c2ccc3c(c2)OCO3)C1. The van der Waals surface area contributed by atoms with Crippen molar-refractivity contribution in [2.24, 2.45) is 0 Å². The molecule has 0 unspecified atom stereocenters. The van der Waals surface area contributed by atoms with E-state index in [1.807, 2.05) is 0 Å². The lowest BCUT2D eigenvalue weighted by Crippen LogP contribution is -2.60. The second kappa shape index (κ2) is 15.0. The molecule has 15 nitrogen and oxygen atoms in total. The third-order valence-corrected chi connectivity index (χ3v) is 8.64. The Hall–Kier alpha value is -6.48. The highest BCUT2D eigenvalue weighted by atomic mass is 16.7. The topological polar surface area (TPSA) is 181 Å². The zero-order valence-electron chi connectivity index (χ0n) is 28.1. The van der Waals surface area contributed by atoms with Gasteiger partial charge in [-0.05, 0) is 71.3 Å². The minimum Gasteiger partial charge on any atom is -0.466 e. The Labute approximate surface area is 301 Å². The fraction of sp³-hybridized carbons (Fsp3) is 0.263. The van der Waals surface area contributed by atoms with Crippen molar-refractivity contribution in [2.45, 2.75) is 36.8 Å². The molecular formula is C38H32O15. The van der Waals surface area contributed by atoms with Crippen molar-refractivity contribution in [1.82, 2.24) is 0 Å². The number of carbonyl (C=O) groups excluding carboxylic acids is 4. The molecule has 2 atom stereocenters. The predicted molar refractivity (Wildman–Crippen MR) is 181 cm³/mol. The summed E-state index contributed by atoms with van der Waals surface area (Å²) in [7, 11) is 1.08. The second-order valence-electron chi connectivity index (χ2n) is 12.1. The summed E-state index contributed by atoms with van der Waals surface area (Å²) in [5, 5.41) is 11.4. The third kappa shape index (κ3) is 7.89. The van der Waals surface area contributed by atoms with Crippen molar-refractivity contribution in [2.75, 3.05) is 27.5 Å². The molecule has 53 heavy (non-hydrogen) atoms. The number of esters is 4. The average Bonchev–Trinajstić information content (AvgIpc) is 3.94. The van der Waals surface area contributed by atoms with Crippen LogP contribution in [0.5, 0.6) is 34.5 Å². The summed E-state index contributed by atoms with van der Waals surface area (Å²) in [6.45, 7) is 0.216. The van der Waals surface area contributed by atoms with Crippen molar-refractivity contribution in [3.63, 3.8) is 0 Å². The van der Waals surface area contributed by atoms with Gasteiger partial charge in [0.15, 0.2) is 34.5 Å². The molecule has 0 aromatic heterocycles. The van der Waals surface area contributed by atoms with Crippen molar-refractivity contribution in [1.29, 1.82) is 0 Å². The Kier molecular flexibility index (Phi) is 9.90. The van der Waals surface area contributed by atoms with Crippen molar-refractivity contribution >= 4 is 42.1 Å². The lowest BCUT2D eigenvalue weighted by atomic mass is 9.79. The molecule has 1 N–H and O–H groups in total. The first kappa shape index (κ1) is 34.9. The highest BCUT2D eigenvalue weighted by Gasteiger charge is 2.56. The lowest BCUT2D eigenvalue weighted by Gasteiger charge is -2.42. The van der Waals surface area contributed by atoms with Crippen LogP contribution in [0, 0.1) is 0 Å². The number of aliphatic hydroxyl groups is 1. The number of hydrogen-bond acceptors (Lipinski definition) is 15. The molecule has 1 aliphatic carbocycles. The van der Waals surface area contributed by atoms with Crippen LogP contribution in [-0.4, -0.2) is 80.4 Å². The molecule has 3 aromatic rings. The van der Waals surface area contributed by atoms with Gasteiger partial charge in [0.2, 0.25) is 26.0 Å². The Morgan fingerprint density at radius 1 is 0.604 bits per heavy atom. The van der Waals surface area contributed by atoms with Crippen LogP contribution in [0.4, 0.5) is 0 Å². The molecule has 0 radical (unpaired) electrons. The summed E-state index contributed by atoms with van der Waals surface area (Å²) in [4.78, 5) is 52.8. The molecule has 3 aliphatic heterocycles. The van der Waals surface area contributed by atoms with Crippen LogP contribution < -0.4 is 28.4 Å². The standard InChI is InChI=1S/C38H32O15/c1-44-37(43)38(53-35(41)13-7-24-4-10-27-30(16-24)50-21-47-27)17-31(51-33(39)11-5-22-2-8-25-28(14-22)48-19-45-25)36(42)32(18-38)52-34(40)12-6-23-3-9-26-29(15-23)49-20-46-26/h2-16,31-32,36,42H,17-21H2,1H3/b11-5+,12-6+,13-7+/t31-,32-,36?,38?/m1/s1. The molecule has 0 saturated heterocycles. The Bertz CT molecular complexity index is 1920. The fourth-order valence-corrected chi connectivity index (χ4v) is 6.06. The number of carbonyl (C=O) groups is 4. The van der Waals surface area contributed by atoms with E-state index < -0.39 is 60.6 Å². The van der Waals surface area contributed by atoms with Gasteiger partial charge in [0, 0.05) is 31.1 Å². The fourth-order valence-electron chi connectivity index (χ4n) is 6.06. The summed E-state index contributed by atoms with van der Waals surface area (Å²) >= 11 is 0. The second-order valence-corrected chi connectivity index (χ2v) is 12.1. The third-order valence-electron chi connectivity index (χ3n) is 8.64. The highest BCUT2D eigenvalue weighted by molar-refractivity contribution is 5.92. The van der Waals surface area contributed by atoms with Gasteiger partial charge in [-0.2, -0.15) is 0 Å². The van der Waals surface area contributed by atoms with Crippen molar-refractivity contribution < 1.29 is 71.7 Å². The Balaban J connectivity index is 1.11. The monoisotopic (exact) mass is 728 g/mol. The lowest BCUT2D eigenvalue weighted by molar-refractivity contribution is -0.213. The van der Waals surface area contributed by atoms with E-state index in [1.165, 1.54) is 18.2 Å². The molecule has 15 heteroatoms. The smallest absolute Gasteiger partial charge is 0.350 e. The Morgan fingerprint density at radius 3 is 1.38 bits per heavy atom. The van der Waals surface area contributed by atoms with Crippen LogP contribution in [0.15, 0.2) is 72.8 Å². The van der Waals surface area contributed by atoms with Gasteiger partial charge in [-0.15, -0.1) is 0 Å². The van der Waals surface area contributed by atoms with E-state index in [4.69, 9.17) is 47.4 Å². The molecular weight excluding hydrogens is 696 g/mol. The first-order chi connectivity index (χ1) is 25.7. The molecule has 3 heterocycles. The van der Waals surface area contributed by atoms with Gasteiger partial charge in [0.05, 0.1) is 7.11 Å². The van der Waals surface area contributed by atoms with Crippen LogP contribution in [0.25, 0.3) is 18.2 Å². The molecule has 0 spiro atoms. The average molecular weight is 729 g/mol. The minimum atomic E-state index is -2.15. The number of rotatable bonds is 10. The Morgan fingerprint density at radius 2 is 0.981 bits per heavy atom. The number of fused-ring (bicyclic) bond motifs is 3. The summed E-state index contributed by atoms with van der Waals surface area (Å²) in [5.41, 5.74) is -0.408. The van der Waals surface area contributed by atoms with Gasteiger partial charge in [-0.3, -0.25) is 0 Å². The zero-order valence-corrected chi connectivity index (χ0v) is 28.1. The summed E-state index contributed by atoms with van der Waals surface area (Å²) in [6.07, 6.45) is 1.95. The van der Waals surface area contributed by atoms with Crippen LogP contribution in [0.2, 0.25) is 0 Å². The maximum absolute atomic E-state index is 13.4. The number of benzene rings is 3. The van der Waals surface area contributed by atoms with E-state index >= 15 is 0 Å². The zero-order chi connectivity index (χ0) is 37.0. The van der Waals surface area contributed by atoms with Gasteiger partial charge in [0.25, 0.3) is 0 Å². The number of hydrogen-bond donors (Lipinski definition) is 1. The van der Waals surface area contributed by atoms with E-state index in [1.54, 1.807) is 54.6 Å². The molecule has 0 bridgehead atoms. The maximum Gasteiger partial charge on any atom is 0.350 e. The van der Waals surface area contributed by atoms with Crippen LogP contribution in [-0.2, 0) is 38.1 Å². The minimum absolute atomic E-state index is 0.0674. The summed E-state index contributed by atoms with van der Waals surface area (Å²) in [5.74, 6) is -0.663. The molecule has 1 saturated carbocycles. The number of aliphatic hydroxyl groups excluding tert-OH is 1. The van der Waals surface area contributed by atoms with Crippen molar-refractivity contribution in [3.05, 3.63) is 89.5 Å². The quantitative estimate of drug-likeness (QED) is 0.181.